The fraction of sp³-hybridized carbons (Fsp3) is 0.769. The highest BCUT2D eigenvalue weighted by molar-refractivity contribution is 7.89. The molecule has 0 amide bonds. The minimum Gasteiger partial charge on any atom is -0.313 e. The van der Waals surface area contributed by atoms with E-state index in [2.05, 4.69) is 17.3 Å². The smallest absolute Gasteiger partial charge is 0.261 e. The van der Waals surface area contributed by atoms with Crippen LogP contribution in [0.2, 0.25) is 5.02 Å². The van der Waals surface area contributed by atoms with Gasteiger partial charge in [0, 0.05) is 26.2 Å². The summed E-state index contributed by atoms with van der Waals surface area (Å²) in [6.45, 7) is 4.01. The number of rotatable bonds is 7. The van der Waals surface area contributed by atoms with Gasteiger partial charge in [-0.1, -0.05) is 24.9 Å². The van der Waals surface area contributed by atoms with E-state index in [-0.39, 0.29) is 16.1 Å². The molecule has 0 bridgehead atoms. The number of nitrogens with one attached hydrogen (secondary N) is 1. The summed E-state index contributed by atoms with van der Waals surface area (Å²) in [5.74, 6) is 0. The van der Waals surface area contributed by atoms with Crippen molar-refractivity contribution in [2.75, 3.05) is 19.6 Å². The second kappa shape index (κ2) is 7.09. The fourth-order valence-corrected chi connectivity index (χ4v) is 4.74. The fourth-order valence-electron chi connectivity index (χ4n) is 2.61. The molecule has 0 spiro atoms. The van der Waals surface area contributed by atoms with Crippen molar-refractivity contribution in [3.8, 4) is 0 Å². The van der Waals surface area contributed by atoms with Gasteiger partial charge in [0.1, 0.15) is 0 Å². The Hall–Kier alpha value is -0.630. The number of aryl methyl sites for hydroxylation is 1. The molecule has 2 rings (SSSR count). The standard InChI is InChI=1S/C13H23ClN4O2S/c1-3-4-8-18(10-11-6-5-7-15-11)21(19,20)13-12(14)9-16-17(13)2/h9,11,15H,3-8,10H2,1-2H3. The molecule has 1 aromatic rings. The number of unbranched alkanes of at least 4 members (excludes halogenated alkanes) is 1. The molecule has 1 unspecified atom stereocenters. The third-order valence-electron chi connectivity index (χ3n) is 3.77. The van der Waals surface area contributed by atoms with Gasteiger partial charge < -0.3 is 5.32 Å². The molecule has 8 heteroatoms. The quantitative estimate of drug-likeness (QED) is 0.822. The third-order valence-corrected chi connectivity index (χ3v) is 6.15. The Kier molecular flexibility index (Phi) is 5.65. The van der Waals surface area contributed by atoms with Crippen molar-refractivity contribution in [2.24, 2.45) is 7.05 Å². The Labute approximate surface area is 131 Å². The zero-order chi connectivity index (χ0) is 15.5. The van der Waals surface area contributed by atoms with Crippen molar-refractivity contribution >= 4 is 21.6 Å². The van der Waals surface area contributed by atoms with Gasteiger partial charge in [0.05, 0.1) is 11.2 Å². The first-order valence-electron chi connectivity index (χ1n) is 7.37. The maximum Gasteiger partial charge on any atom is 0.261 e. The van der Waals surface area contributed by atoms with E-state index in [1.165, 1.54) is 10.9 Å². The topological polar surface area (TPSA) is 67.2 Å². The molecule has 21 heavy (non-hydrogen) atoms. The van der Waals surface area contributed by atoms with Gasteiger partial charge in [0.25, 0.3) is 10.0 Å². The molecule has 1 N–H and O–H groups in total. The number of nitrogens with zero attached hydrogens (tertiary/aromatic N) is 3. The Morgan fingerprint density at radius 3 is 2.86 bits per heavy atom. The maximum absolute atomic E-state index is 12.9. The highest BCUT2D eigenvalue weighted by Gasteiger charge is 2.32. The van der Waals surface area contributed by atoms with E-state index in [1.807, 2.05) is 0 Å². The lowest BCUT2D eigenvalue weighted by Crippen LogP contribution is -2.42. The van der Waals surface area contributed by atoms with Crippen LogP contribution in [-0.4, -0.2) is 48.2 Å². The molecule has 1 aliphatic rings. The van der Waals surface area contributed by atoms with Crippen molar-refractivity contribution in [3.63, 3.8) is 0 Å². The van der Waals surface area contributed by atoms with Gasteiger partial charge in [0.15, 0.2) is 5.03 Å². The molecular formula is C13H23ClN4O2S. The van der Waals surface area contributed by atoms with E-state index in [9.17, 15) is 8.42 Å². The molecule has 2 heterocycles. The zero-order valence-electron chi connectivity index (χ0n) is 12.5. The summed E-state index contributed by atoms with van der Waals surface area (Å²) in [5.41, 5.74) is 0. The SMILES string of the molecule is CCCCN(CC1CCCN1)S(=O)(=O)c1c(Cl)cnn1C. The molecule has 0 radical (unpaired) electrons. The zero-order valence-corrected chi connectivity index (χ0v) is 14.1. The van der Waals surface area contributed by atoms with Crippen LogP contribution in [0.25, 0.3) is 0 Å². The Bertz CT molecular complexity index is 547. The Balaban J connectivity index is 2.25. The van der Waals surface area contributed by atoms with Crippen LogP contribution in [0.4, 0.5) is 0 Å². The monoisotopic (exact) mass is 334 g/mol. The predicted octanol–water partition coefficient (Wildman–Crippen LogP) is 1.62. The summed E-state index contributed by atoms with van der Waals surface area (Å²) in [4.78, 5) is 0. The second-order valence-corrected chi connectivity index (χ2v) is 7.69. The molecule has 1 atom stereocenters. The first-order chi connectivity index (χ1) is 9.96. The highest BCUT2D eigenvalue weighted by Crippen LogP contribution is 2.24. The molecule has 0 saturated carbocycles. The molecule has 1 aromatic heterocycles. The molecule has 1 aliphatic heterocycles. The van der Waals surface area contributed by atoms with Crippen molar-refractivity contribution in [1.29, 1.82) is 0 Å². The van der Waals surface area contributed by atoms with Gasteiger partial charge in [-0.2, -0.15) is 9.40 Å². The predicted molar refractivity (Wildman–Crippen MR) is 82.9 cm³/mol. The van der Waals surface area contributed by atoms with Gasteiger partial charge in [0.2, 0.25) is 0 Å². The average Bonchev–Trinajstić information content (AvgIpc) is 3.04. The van der Waals surface area contributed by atoms with E-state index < -0.39 is 10.0 Å². The van der Waals surface area contributed by atoms with E-state index in [4.69, 9.17) is 11.6 Å². The van der Waals surface area contributed by atoms with Gasteiger partial charge in [-0.05, 0) is 25.8 Å². The van der Waals surface area contributed by atoms with E-state index >= 15 is 0 Å². The van der Waals surface area contributed by atoms with E-state index in [0.717, 1.165) is 32.2 Å². The summed E-state index contributed by atoms with van der Waals surface area (Å²) in [6.07, 6.45) is 5.26. The molecular weight excluding hydrogens is 312 g/mol. The van der Waals surface area contributed by atoms with E-state index in [0.29, 0.717) is 13.1 Å². The first kappa shape index (κ1) is 16.7. The van der Waals surface area contributed by atoms with Crippen LogP contribution in [0.15, 0.2) is 11.2 Å². The highest BCUT2D eigenvalue weighted by atomic mass is 35.5. The number of hydrogen-bond donors (Lipinski definition) is 1. The minimum atomic E-state index is -3.62. The van der Waals surface area contributed by atoms with Crippen LogP contribution >= 0.6 is 11.6 Å². The lowest BCUT2D eigenvalue weighted by molar-refractivity contribution is 0.361. The van der Waals surface area contributed by atoms with Crippen LogP contribution in [-0.2, 0) is 17.1 Å². The Morgan fingerprint density at radius 2 is 2.33 bits per heavy atom. The largest absolute Gasteiger partial charge is 0.313 e. The summed E-state index contributed by atoms with van der Waals surface area (Å²) in [7, 11) is -2.02. The van der Waals surface area contributed by atoms with Crippen molar-refractivity contribution < 1.29 is 8.42 Å². The number of aromatic nitrogens is 2. The van der Waals surface area contributed by atoms with Crippen LogP contribution < -0.4 is 5.32 Å². The van der Waals surface area contributed by atoms with Crippen molar-refractivity contribution in [3.05, 3.63) is 11.2 Å². The maximum atomic E-state index is 12.9. The number of hydrogen-bond acceptors (Lipinski definition) is 4. The van der Waals surface area contributed by atoms with Gasteiger partial charge in [-0.15, -0.1) is 0 Å². The van der Waals surface area contributed by atoms with Crippen LogP contribution in [0, 0.1) is 0 Å². The van der Waals surface area contributed by atoms with Crippen LogP contribution in [0.5, 0.6) is 0 Å². The molecule has 120 valence electrons. The van der Waals surface area contributed by atoms with E-state index in [1.54, 1.807) is 11.4 Å². The van der Waals surface area contributed by atoms with Crippen molar-refractivity contribution in [2.45, 2.75) is 43.7 Å². The summed E-state index contributed by atoms with van der Waals surface area (Å²) < 4.78 is 28.6. The molecule has 6 nitrogen and oxygen atoms in total. The normalized spacial score (nSPS) is 19.5. The van der Waals surface area contributed by atoms with Gasteiger partial charge in [-0.3, -0.25) is 4.68 Å². The Morgan fingerprint density at radius 1 is 1.57 bits per heavy atom. The van der Waals surface area contributed by atoms with Gasteiger partial charge in [-0.25, -0.2) is 8.42 Å². The molecule has 1 saturated heterocycles. The van der Waals surface area contributed by atoms with Gasteiger partial charge >= 0.3 is 0 Å². The third kappa shape index (κ3) is 3.77. The lowest BCUT2D eigenvalue weighted by Gasteiger charge is -2.25. The summed E-state index contributed by atoms with van der Waals surface area (Å²) in [5, 5.41) is 7.55. The second-order valence-electron chi connectivity index (χ2n) is 5.43. The lowest BCUT2D eigenvalue weighted by atomic mass is 10.2. The number of sulfonamides is 1. The molecule has 0 aromatic carbocycles. The first-order valence-corrected chi connectivity index (χ1v) is 9.19. The van der Waals surface area contributed by atoms with Crippen LogP contribution in [0.3, 0.4) is 0 Å². The summed E-state index contributed by atoms with van der Waals surface area (Å²) >= 11 is 6.02. The number of halogens is 1. The van der Waals surface area contributed by atoms with Crippen molar-refractivity contribution in [1.82, 2.24) is 19.4 Å². The molecule has 0 aliphatic carbocycles. The average molecular weight is 335 g/mol. The van der Waals surface area contributed by atoms with Crippen LogP contribution in [0.1, 0.15) is 32.6 Å². The minimum absolute atomic E-state index is 0.0817. The molecule has 1 fully saturated rings. The summed E-state index contributed by atoms with van der Waals surface area (Å²) in [6, 6.07) is 0.226.